The topological polar surface area (TPSA) is 42.0 Å². The van der Waals surface area contributed by atoms with E-state index >= 15 is 0 Å². The van der Waals surface area contributed by atoms with Crippen molar-refractivity contribution in [2.75, 3.05) is 0 Å². The van der Waals surface area contributed by atoms with Gasteiger partial charge in [-0.25, -0.2) is 4.39 Å². The number of nitrogens with zero attached hydrogens (tertiary/aromatic N) is 1. The smallest absolute Gasteiger partial charge is 0.226 e. The summed E-state index contributed by atoms with van der Waals surface area (Å²) >= 11 is 0. The van der Waals surface area contributed by atoms with E-state index in [4.69, 9.17) is 0 Å². The fourth-order valence-electron chi connectivity index (χ4n) is 6.54. The van der Waals surface area contributed by atoms with E-state index in [-0.39, 0.29) is 22.6 Å². The molecule has 4 aliphatic carbocycles. The van der Waals surface area contributed by atoms with E-state index in [1.165, 1.54) is 12.0 Å². The molecule has 0 saturated heterocycles. The Morgan fingerprint density at radius 1 is 1.04 bits per heavy atom. The molecule has 1 aromatic carbocycles. The quantitative estimate of drug-likeness (QED) is 0.875. The summed E-state index contributed by atoms with van der Waals surface area (Å²) in [5, 5.41) is 3.21. The van der Waals surface area contributed by atoms with Crippen LogP contribution in [0.25, 0.3) is 0 Å². The normalized spacial score (nSPS) is 33.8. The number of rotatable bonds is 4. The van der Waals surface area contributed by atoms with E-state index in [1.54, 1.807) is 24.5 Å². The van der Waals surface area contributed by atoms with Gasteiger partial charge in [0, 0.05) is 18.9 Å². The van der Waals surface area contributed by atoms with Crippen molar-refractivity contribution in [1.29, 1.82) is 0 Å². The lowest BCUT2D eigenvalue weighted by atomic mass is 9.42. The number of hydrogen-bond acceptors (Lipinski definition) is 2. The van der Waals surface area contributed by atoms with E-state index in [1.807, 2.05) is 24.3 Å². The van der Waals surface area contributed by atoms with E-state index in [0.717, 1.165) is 37.7 Å². The molecule has 2 aromatic rings. The number of amides is 1. The minimum Gasteiger partial charge on any atom is -0.352 e. The Labute approximate surface area is 159 Å². The summed E-state index contributed by atoms with van der Waals surface area (Å²) in [4.78, 5) is 17.3. The lowest BCUT2D eigenvalue weighted by Gasteiger charge is -2.61. The Morgan fingerprint density at radius 3 is 2.37 bits per heavy atom. The zero-order chi connectivity index (χ0) is 18.5. The van der Waals surface area contributed by atoms with Gasteiger partial charge in [0.25, 0.3) is 0 Å². The van der Waals surface area contributed by atoms with Crippen LogP contribution in [-0.4, -0.2) is 10.9 Å². The second kappa shape index (κ2) is 6.15. The molecule has 1 N–H and O–H groups in total. The lowest BCUT2D eigenvalue weighted by molar-refractivity contribution is -0.149. The summed E-state index contributed by atoms with van der Waals surface area (Å²) in [6.45, 7) is 0.558. The molecule has 4 aliphatic rings. The Kier molecular flexibility index (Phi) is 3.85. The molecule has 140 valence electrons. The van der Waals surface area contributed by atoms with Gasteiger partial charge < -0.3 is 5.32 Å². The minimum atomic E-state index is -0.258. The van der Waals surface area contributed by atoms with Gasteiger partial charge in [-0.1, -0.05) is 12.1 Å². The van der Waals surface area contributed by atoms with Gasteiger partial charge >= 0.3 is 0 Å². The number of benzene rings is 1. The second-order valence-electron chi connectivity index (χ2n) is 9.07. The molecule has 4 saturated carbocycles. The van der Waals surface area contributed by atoms with Gasteiger partial charge in [0.2, 0.25) is 5.91 Å². The Hall–Kier alpha value is -2.23. The third-order valence-corrected chi connectivity index (χ3v) is 7.20. The van der Waals surface area contributed by atoms with Crippen molar-refractivity contribution in [2.24, 2.45) is 17.3 Å². The van der Waals surface area contributed by atoms with Crippen LogP contribution in [0.2, 0.25) is 0 Å². The number of aromatic nitrogens is 1. The molecule has 3 nitrogen and oxygen atoms in total. The van der Waals surface area contributed by atoms with Gasteiger partial charge in [-0.15, -0.1) is 0 Å². The number of halogens is 1. The molecular weight excluding hydrogens is 339 g/mol. The van der Waals surface area contributed by atoms with Crippen LogP contribution in [0.1, 0.15) is 49.7 Å². The first-order valence-corrected chi connectivity index (χ1v) is 10.0. The van der Waals surface area contributed by atoms with Gasteiger partial charge in [-0.2, -0.15) is 0 Å². The van der Waals surface area contributed by atoms with E-state index in [0.29, 0.717) is 18.4 Å². The average molecular weight is 364 g/mol. The molecule has 2 atom stereocenters. The highest BCUT2D eigenvalue weighted by atomic mass is 19.1. The van der Waals surface area contributed by atoms with Gasteiger partial charge in [0.05, 0.1) is 5.41 Å². The van der Waals surface area contributed by atoms with Crippen LogP contribution < -0.4 is 5.32 Å². The summed E-state index contributed by atoms with van der Waals surface area (Å²) in [5.41, 5.74) is 2.10. The number of pyridine rings is 1. The first kappa shape index (κ1) is 16.9. The average Bonchev–Trinajstić information content (AvgIpc) is 2.66. The van der Waals surface area contributed by atoms with Gasteiger partial charge in [0.1, 0.15) is 5.82 Å². The van der Waals surface area contributed by atoms with E-state index < -0.39 is 0 Å². The molecule has 4 heteroatoms. The highest BCUT2D eigenvalue weighted by molar-refractivity contribution is 5.83. The maximum absolute atomic E-state index is 13.5. The lowest BCUT2D eigenvalue weighted by Crippen LogP contribution is -2.59. The summed E-state index contributed by atoms with van der Waals surface area (Å²) < 4.78 is 13.5. The van der Waals surface area contributed by atoms with E-state index in [9.17, 15) is 9.18 Å². The molecule has 4 fully saturated rings. The van der Waals surface area contributed by atoms with E-state index in [2.05, 4.69) is 10.3 Å². The van der Waals surface area contributed by atoms with Crippen molar-refractivity contribution < 1.29 is 9.18 Å². The zero-order valence-corrected chi connectivity index (χ0v) is 15.5. The predicted octanol–water partition coefficient (Wildman–Crippen LogP) is 4.38. The van der Waals surface area contributed by atoms with Crippen LogP contribution in [0.3, 0.4) is 0 Å². The molecule has 0 spiro atoms. The van der Waals surface area contributed by atoms with Crippen molar-refractivity contribution >= 4 is 5.91 Å². The zero-order valence-electron chi connectivity index (χ0n) is 15.5. The highest BCUT2D eigenvalue weighted by Gasteiger charge is 2.60. The molecule has 1 heterocycles. The Balaban J connectivity index is 1.41. The van der Waals surface area contributed by atoms with Gasteiger partial charge in [-0.05, 0) is 91.2 Å². The standard InChI is InChI=1S/C23H25FN2O/c24-20-3-1-19(2-4-20)22-10-17-9-18(11-22)13-23(12-17,15-22)21(27)26-14-16-5-7-25-8-6-16/h1-8,17-18H,9-15H2,(H,26,27). The third-order valence-electron chi connectivity index (χ3n) is 7.20. The monoisotopic (exact) mass is 364 g/mol. The van der Waals surface area contributed by atoms with Gasteiger partial charge in [0.15, 0.2) is 0 Å². The van der Waals surface area contributed by atoms with Crippen LogP contribution in [0.5, 0.6) is 0 Å². The molecular formula is C23H25FN2O. The van der Waals surface area contributed by atoms with Crippen molar-refractivity contribution in [3.63, 3.8) is 0 Å². The summed E-state index contributed by atoms with van der Waals surface area (Å²) in [6.07, 6.45) is 9.99. The summed E-state index contributed by atoms with van der Waals surface area (Å²) in [6, 6.07) is 10.9. The van der Waals surface area contributed by atoms with Crippen LogP contribution >= 0.6 is 0 Å². The number of carbonyl (C=O) groups is 1. The van der Waals surface area contributed by atoms with Gasteiger partial charge in [-0.3, -0.25) is 9.78 Å². The third kappa shape index (κ3) is 2.86. The SMILES string of the molecule is O=C(NCc1ccncc1)C12CC3CC(C1)CC(c1ccc(F)cc1)(C3)C2. The van der Waals surface area contributed by atoms with Crippen LogP contribution in [0.15, 0.2) is 48.8 Å². The minimum absolute atomic E-state index is 0.0474. The summed E-state index contributed by atoms with van der Waals surface area (Å²) in [7, 11) is 0. The highest BCUT2D eigenvalue weighted by Crippen LogP contribution is 2.65. The molecule has 0 aliphatic heterocycles. The molecule has 0 radical (unpaired) electrons. The van der Waals surface area contributed by atoms with Crippen LogP contribution in [0, 0.1) is 23.1 Å². The number of carbonyl (C=O) groups excluding carboxylic acids is 1. The maximum atomic E-state index is 13.5. The first-order chi connectivity index (χ1) is 13.1. The van der Waals surface area contributed by atoms with Crippen LogP contribution in [0.4, 0.5) is 4.39 Å². The molecule has 6 rings (SSSR count). The first-order valence-electron chi connectivity index (χ1n) is 10.0. The number of nitrogens with one attached hydrogen (secondary N) is 1. The summed E-state index contributed by atoms with van der Waals surface area (Å²) in [5.74, 6) is 1.25. The fraction of sp³-hybridized carbons (Fsp3) is 0.478. The van der Waals surface area contributed by atoms with Crippen molar-refractivity contribution in [3.8, 4) is 0 Å². The molecule has 2 unspecified atom stereocenters. The molecule has 1 amide bonds. The molecule has 4 bridgehead atoms. The Bertz CT molecular complexity index is 834. The van der Waals surface area contributed by atoms with Crippen molar-refractivity contribution in [3.05, 3.63) is 65.7 Å². The van der Waals surface area contributed by atoms with Crippen LogP contribution in [-0.2, 0) is 16.8 Å². The predicted molar refractivity (Wildman–Crippen MR) is 101 cm³/mol. The molecule has 1 aromatic heterocycles. The number of hydrogen-bond donors (Lipinski definition) is 1. The second-order valence-corrected chi connectivity index (χ2v) is 9.07. The van der Waals surface area contributed by atoms with Crippen molar-refractivity contribution in [2.45, 2.75) is 50.5 Å². The van der Waals surface area contributed by atoms with Crippen molar-refractivity contribution in [1.82, 2.24) is 10.3 Å². The largest absolute Gasteiger partial charge is 0.352 e. The maximum Gasteiger partial charge on any atom is 0.226 e. The Morgan fingerprint density at radius 2 is 1.70 bits per heavy atom. The fourth-order valence-corrected chi connectivity index (χ4v) is 6.54. The molecule has 27 heavy (non-hydrogen) atoms.